The molecule has 0 saturated heterocycles. The van der Waals surface area contributed by atoms with Crippen molar-refractivity contribution in [3.63, 3.8) is 0 Å². The number of aryl methyl sites for hydroxylation is 1. The third-order valence-corrected chi connectivity index (χ3v) is 2.72. The van der Waals surface area contributed by atoms with Crippen LogP contribution in [0.5, 0.6) is 5.75 Å². The highest BCUT2D eigenvalue weighted by molar-refractivity contribution is 5.88. The van der Waals surface area contributed by atoms with Crippen LogP contribution in [0.1, 0.15) is 11.3 Å². The van der Waals surface area contributed by atoms with Gasteiger partial charge in [-0.15, -0.1) is 0 Å². The summed E-state index contributed by atoms with van der Waals surface area (Å²) in [5.74, 6) is 0.999. The Labute approximate surface area is 92.6 Å². The van der Waals surface area contributed by atoms with Gasteiger partial charge in [0.05, 0.1) is 18.2 Å². The average Bonchev–Trinajstić information content (AvgIpc) is 2.26. The van der Waals surface area contributed by atoms with Crippen molar-refractivity contribution in [1.29, 1.82) is 0 Å². The maximum atomic E-state index is 12.0. The number of nitrogen functional groups attached to an aromatic ring is 1. The van der Waals surface area contributed by atoms with E-state index in [1.54, 1.807) is 26.0 Å². The summed E-state index contributed by atoms with van der Waals surface area (Å²) in [6.07, 6.45) is 0. The van der Waals surface area contributed by atoms with Crippen molar-refractivity contribution in [3.8, 4) is 5.75 Å². The number of hydrogen-bond donors (Lipinski definition) is 1. The van der Waals surface area contributed by atoms with E-state index in [1.165, 1.54) is 7.11 Å². The normalized spacial score (nSPS) is 10.7. The molecule has 0 fully saturated rings. The zero-order valence-corrected chi connectivity index (χ0v) is 9.46. The maximum absolute atomic E-state index is 12.0. The lowest BCUT2D eigenvalue weighted by molar-refractivity contribution is 0.409. The molecule has 0 aliphatic rings. The molecule has 1 aromatic heterocycles. The van der Waals surface area contributed by atoms with Crippen molar-refractivity contribution in [1.82, 2.24) is 0 Å². The lowest BCUT2D eigenvalue weighted by Crippen LogP contribution is -2.08. The van der Waals surface area contributed by atoms with Crippen LogP contribution in [0.25, 0.3) is 11.0 Å². The number of rotatable bonds is 1. The van der Waals surface area contributed by atoms with Gasteiger partial charge in [-0.3, -0.25) is 4.79 Å². The van der Waals surface area contributed by atoms with E-state index in [1.807, 2.05) is 0 Å². The third kappa shape index (κ3) is 1.34. The van der Waals surface area contributed by atoms with Crippen LogP contribution in [0.3, 0.4) is 0 Å². The van der Waals surface area contributed by atoms with Gasteiger partial charge >= 0.3 is 0 Å². The highest BCUT2D eigenvalue weighted by atomic mass is 16.5. The number of ether oxygens (including phenoxy) is 1. The molecule has 84 valence electrons. The van der Waals surface area contributed by atoms with E-state index in [-0.39, 0.29) is 5.43 Å². The molecule has 4 nitrogen and oxygen atoms in total. The quantitative estimate of drug-likeness (QED) is 0.745. The molecule has 0 aliphatic carbocycles. The Morgan fingerprint density at radius 1 is 1.31 bits per heavy atom. The first-order valence-corrected chi connectivity index (χ1v) is 4.92. The van der Waals surface area contributed by atoms with Crippen molar-refractivity contribution in [3.05, 3.63) is 33.7 Å². The third-order valence-electron chi connectivity index (χ3n) is 2.72. The molecule has 0 unspecified atom stereocenters. The van der Waals surface area contributed by atoms with Gasteiger partial charge in [0.2, 0.25) is 0 Å². The second-order valence-corrected chi connectivity index (χ2v) is 3.68. The van der Waals surface area contributed by atoms with Crippen molar-refractivity contribution < 1.29 is 9.15 Å². The summed E-state index contributed by atoms with van der Waals surface area (Å²) in [4.78, 5) is 12.0. The van der Waals surface area contributed by atoms with Crippen LogP contribution in [-0.4, -0.2) is 7.11 Å². The van der Waals surface area contributed by atoms with E-state index in [4.69, 9.17) is 14.9 Å². The number of nitrogens with two attached hydrogens (primary N) is 1. The zero-order valence-electron chi connectivity index (χ0n) is 9.46. The summed E-state index contributed by atoms with van der Waals surface area (Å²) >= 11 is 0. The van der Waals surface area contributed by atoms with Gasteiger partial charge < -0.3 is 14.9 Å². The molecule has 2 rings (SSSR count). The average molecular weight is 219 g/mol. The first kappa shape index (κ1) is 10.5. The van der Waals surface area contributed by atoms with E-state index < -0.39 is 0 Å². The summed E-state index contributed by atoms with van der Waals surface area (Å²) < 4.78 is 10.7. The van der Waals surface area contributed by atoms with Gasteiger partial charge in [-0.05, 0) is 26.0 Å². The van der Waals surface area contributed by atoms with Crippen LogP contribution < -0.4 is 15.9 Å². The summed E-state index contributed by atoms with van der Waals surface area (Å²) in [7, 11) is 1.50. The molecule has 4 heteroatoms. The molecular formula is C12H13NO3. The number of methoxy groups -OCH3 is 1. The van der Waals surface area contributed by atoms with E-state index in [9.17, 15) is 4.79 Å². The molecular weight excluding hydrogens is 206 g/mol. The molecule has 2 aromatic rings. The molecule has 0 saturated carbocycles. The number of anilines is 1. The largest absolute Gasteiger partial charge is 0.491 e. The van der Waals surface area contributed by atoms with Crippen LogP contribution in [0.4, 0.5) is 5.69 Å². The monoisotopic (exact) mass is 219 g/mol. The van der Waals surface area contributed by atoms with Gasteiger partial charge in [-0.2, -0.15) is 0 Å². The minimum Gasteiger partial charge on any atom is -0.491 e. The molecule has 0 amide bonds. The van der Waals surface area contributed by atoms with Gasteiger partial charge in [0.25, 0.3) is 0 Å². The van der Waals surface area contributed by atoms with Gasteiger partial charge in [-0.25, -0.2) is 0 Å². The molecule has 1 aromatic carbocycles. The molecule has 1 heterocycles. The maximum Gasteiger partial charge on any atom is 0.195 e. The van der Waals surface area contributed by atoms with E-state index in [2.05, 4.69) is 0 Å². The lowest BCUT2D eigenvalue weighted by atomic mass is 10.1. The van der Waals surface area contributed by atoms with Gasteiger partial charge in [0, 0.05) is 5.56 Å². The molecule has 0 spiro atoms. The molecule has 16 heavy (non-hydrogen) atoms. The Bertz CT molecular complexity index is 614. The smallest absolute Gasteiger partial charge is 0.195 e. The number of fused-ring (bicyclic) bond motifs is 1. The van der Waals surface area contributed by atoms with Gasteiger partial charge in [0.15, 0.2) is 16.8 Å². The molecule has 0 aliphatic heterocycles. The standard InChI is InChI=1S/C12H13NO3/c1-6-7(2)16-11-8(10(6)14)4-5-9(13)12(11)15-3/h4-5H,13H2,1-3H3. The van der Waals surface area contributed by atoms with E-state index >= 15 is 0 Å². The first-order valence-electron chi connectivity index (χ1n) is 4.92. The molecule has 0 atom stereocenters. The van der Waals surface area contributed by atoms with Crippen LogP contribution >= 0.6 is 0 Å². The minimum absolute atomic E-state index is 0.0444. The topological polar surface area (TPSA) is 65.5 Å². The Morgan fingerprint density at radius 3 is 2.62 bits per heavy atom. The molecule has 0 bridgehead atoms. The molecule has 2 N–H and O–H groups in total. The fourth-order valence-electron chi connectivity index (χ4n) is 1.66. The highest BCUT2D eigenvalue weighted by Crippen LogP contribution is 2.31. The van der Waals surface area contributed by atoms with Gasteiger partial charge in [-0.1, -0.05) is 0 Å². The molecule has 0 radical (unpaired) electrons. The second kappa shape index (κ2) is 3.56. The minimum atomic E-state index is -0.0444. The Morgan fingerprint density at radius 2 is 2.00 bits per heavy atom. The van der Waals surface area contributed by atoms with Crippen LogP contribution in [0.2, 0.25) is 0 Å². The van der Waals surface area contributed by atoms with Crippen molar-refractivity contribution >= 4 is 16.7 Å². The number of benzene rings is 1. The van der Waals surface area contributed by atoms with Crippen molar-refractivity contribution in [2.24, 2.45) is 0 Å². The Hall–Kier alpha value is -1.97. The Kier molecular flexibility index (Phi) is 2.34. The Balaban J connectivity index is 3.01. The fraction of sp³-hybridized carbons (Fsp3) is 0.250. The van der Waals surface area contributed by atoms with E-state index in [0.29, 0.717) is 33.7 Å². The fourth-order valence-corrected chi connectivity index (χ4v) is 1.66. The summed E-state index contributed by atoms with van der Waals surface area (Å²) in [6.45, 7) is 3.49. The summed E-state index contributed by atoms with van der Waals surface area (Å²) in [5.41, 5.74) is 7.19. The second-order valence-electron chi connectivity index (χ2n) is 3.68. The van der Waals surface area contributed by atoms with Crippen LogP contribution in [0, 0.1) is 13.8 Å². The van der Waals surface area contributed by atoms with Crippen molar-refractivity contribution in [2.75, 3.05) is 12.8 Å². The predicted octanol–water partition coefficient (Wildman–Crippen LogP) is 2.00. The first-order chi connectivity index (χ1) is 7.56. The number of hydrogen-bond acceptors (Lipinski definition) is 4. The van der Waals surface area contributed by atoms with Crippen LogP contribution in [-0.2, 0) is 0 Å². The van der Waals surface area contributed by atoms with Gasteiger partial charge in [0.1, 0.15) is 5.76 Å². The van der Waals surface area contributed by atoms with Crippen LogP contribution in [0.15, 0.2) is 21.3 Å². The summed E-state index contributed by atoms with van der Waals surface area (Å²) in [5, 5.41) is 0.495. The van der Waals surface area contributed by atoms with Crippen molar-refractivity contribution in [2.45, 2.75) is 13.8 Å². The highest BCUT2D eigenvalue weighted by Gasteiger charge is 2.13. The zero-order chi connectivity index (χ0) is 11.9. The van der Waals surface area contributed by atoms with E-state index in [0.717, 1.165) is 0 Å². The lowest BCUT2D eigenvalue weighted by Gasteiger charge is -2.08. The SMILES string of the molecule is COc1c(N)ccc2c(=O)c(C)c(C)oc12. The predicted molar refractivity (Wildman–Crippen MR) is 62.9 cm³/mol. The summed E-state index contributed by atoms with van der Waals surface area (Å²) in [6, 6.07) is 3.30.